The fraction of sp³-hybridized carbons (Fsp3) is 0.364. The predicted molar refractivity (Wildman–Crippen MR) is 67.2 cm³/mol. The molecule has 0 aliphatic heterocycles. The number of ether oxygens (including phenoxy) is 1. The van der Waals surface area contributed by atoms with Crippen LogP contribution in [0.3, 0.4) is 0 Å². The Kier molecular flexibility index (Phi) is 5.11. The van der Waals surface area contributed by atoms with Crippen LogP contribution in [0.25, 0.3) is 0 Å². The van der Waals surface area contributed by atoms with Crippen LogP contribution >= 0.6 is 11.8 Å². The molecule has 1 rings (SSSR count). The number of hydrogen-bond acceptors (Lipinski definition) is 5. The number of carboxylic acid groups (broad SMARTS) is 1. The molecule has 104 valence electrons. The van der Waals surface area contributed by atoms with Crippen LogP contribution in [-0.4, -0.2) is 28.4 Å². The lowest BCUT2D eigenvalue weighted by atomic mass is 10.3. The quantitative estimate of drug-likeness (QED) is 0.492. The van der Waals surface area contributed by atoms with Crippen LogP contribution in [0.5, 0.6) is 5.75 Å². The van der Waals surface area contributed by atoms with Gasteiger partial charge in [0.25, 0.3) is 0 Å². The molecular weight excluding hydrogens is 277 g/mol. The first-order valence-electron chi connectivity index (χ1n) is 5.25. The van der Waals surface area contributed by atoms with E-state index in [1.54, 1.807) is 6.92 Å². The average Bonchev–Trinajstić information content (AvgIpc) is 2.29. The number of halogens is 1. The van der Waals surface area contributed by atoms with Crippen molar-refractivity contribution >= 4 is 23.4 Å². The zero-order valence-corrected chi connectivity index (χ0v) is 11.1. The molecule has 0 aliphatic carbocycles. The van der Waals surface area contributed by atoms with Crippen molar-refractivity contribution in [2.75, 3.05) is 7.11 Å². The van der Waals surface area contributed by atoms with Crippen molar-refractivity contribution in [3.63, 3.8) is 0 Å². The van der Waals surface area contributed by atoms with E-state index in [2.05, 4.69) is 0 Å². The van der Waals surface area contributed by atoms with E-state index < -0.39 is 22.4 Å². The number of nitro benzene ring substituents is 1. The third kappa shape index (κ3) is 4.09. The van der Waals surface area contributed by atoms with Crippen molar-refractivity contribution < 1.29 is 24.0 Å². The van der Waals surface area contributed by atoms with Crippen molar-refractivity contribution in [2.45, 2.75) is 23.5 Å². The third-order valence-corrected chi connectivity index (χ3v) is 3.36. The van der Waals surface area contributed by atoms with E-state index in [1.165, 1.54) is 13.2 Å². The molecule has 0 aliphatic rings. The van der Waals surface area contributed by atoms with Crippen molar-refractivity contribution in [1.82, 2.24) is 0 Å². The molecule has 0 spiro atoms. The molecule has 1 atom stereocenters. The summed E-state index contributed by atoms with van der Waals surface area (Å²) < 4.78 is 18.5. The second kappa shape index (κ2) is 6.37. The molecule has 1 unspecified atom stereocenters. The smallest absolute Gasteiger partial charge is 0.313 e. The second-order valence-electron chi connectivity index (χ2n) is 3.74. The number of rotatable bonds is 6. The van der Waals surface area contributed by atoms with E-state index in [-0.39, 0.29) is 22.3 Å². The number of benzene rings is 1. The van der Waals surface area contributed by atoms with Crippen LogP contribution in [0.15, 0.2) is 17.0 Å². The Balaban J connectivity index is 3.02. The van der Waals surface area contributed by atoms with Gasteiger partial charge in [-0.05, 0) is 0 Å². The van der Waals surface area contributed by atoms with Gasteiger partial charge in [-0.25, -0.2) is 4.39 Å². The van der Waals surface area contributed by atoms with E-state index in [4.69, 9.17) is 9.84 Å². The van der Waals surface area contributed by atoms with Gasteiger partial charge in [-0.1, -0.05) is 6.92 Å². The molecule has 0 saturated carbocycles. The van der Waals surface area contributed by atoms with Crippen molar-refractivity contribution in [3.8, 4) is 5.75 Å². The lowest BCUT2D eigenvalue weighted by molar-refractivity contribution is -0.386. The molecule has 1 aromatic rings. The Labute approximate surface area is 112 Å². The first kappa shape index (κ1) is 15.2. The number of aliphatic carboxylic acids is 1. The maximum atomic E-state index is 13.7. The Morgan fingerprint density at radius 2 is 2.26 bits per heavy atom. The summed E-state index contributed by atoms with van der Waals surface area (Å²) in [5.41, 5.74) is -0.463. The Hall–Kier alpha value is -1.83. The highest BCUT2D eigenvalue weighted by atomic mass is 32.2. The van der Waals surface area contributed by atoms with Crippen molar-refractivity contribution in [2.24, 2.45) is 0 Å². The highest BCUT2D eigenvalue weighted by molar-refractivity contribution is 8.00. The Morgan fingerprint density at radius 3 is 2.74 bits per heavy atom. The van der Waals surface area contributed by atoms with E-state index in [1.807, 2.05) is 0 Å². The molecule has 1 N–H and O–H groups in total. The van der Waals surface area contributed by atoms with E-state index in [0.717, 1.165) is 17.8 Å². The maximum Gasteiger partial charge on any atom is 0.313 e. The van der Waals surface area contributed by atoms with Gasteiger partial charge in [-0.15, -0.1) is 11.8 Å². The van der Waals surface area contributed by atoms with Gasteiger partial charge in [0.15, 0.2) is 5.75 Å². The monoisotopic (exact) mass is 289 g/mol. The molecule has 8 heteroatoms. The average molecular weight is 289 g/mol. The minimum atomic E-state index is -0.991. The highest BCUT2D eigenvalue weighted by Crippen LogP contribution is 2.36. The van der Waals surface area contributed by atoms with Gasteiger partial charge in [0, 0.05) is 16.2 Å². The third-order valence-electron chi connectivity index (χ3n) is 2.22. The van der Waals surface area contributed by atoms with E-state index in [0.29, 0.717) is 0 Å². The van der Waals surface area contributed by atoms with Crippen molar-refractivity contribution in [1.29, 1.82) is 0 Å². The van der Waals surface area contributed by atoms with Crippen LogP contribution < -0.4 is 4.74 Å². The van der Waals surface area contributed by atoms with E-state index >= 15 is 0 Å². The lowest BCUT2D eigenvalue weighted by Crippen LogP contribution is -2.06. The summed E-state index contributed by atoms with van der Waals surface area (Å²) in [4.78, 5) is 20.6. The van der Waals surface area contributed by atoms with Crippen LogP contribution in [-0.2, 0) is 4.79 Å². The van der Waals surface area contributed by atoms with Gasteiger partial charge in [-0.3, -0.25) is 14.9 Å². The number of thioether (sulfide) groups is 1. The first-order chi connectivity index (χ1) is 8.85. The van der Waals surface area contributed by atoms with Gasteiger partial charge >= 0.3 is 11.7 Å². The summed E-state index contributed by atoms with van der Waals surface area (Å²) in [6.07, 6.45) is -0.136. The topological polar surface area (TPSA) is 89.7 Å². The molecule has 0 aromatic heterocycles. The van der Waals surface area contributed by atoms with Gasteiger partial charge in [0.1, 0.15) is 5.82 Å². The molecule has 0 heterocycles. The highest BCUT2D eigenvalue weighted by Gasteiger charge is 2.21. The Bertz CT molecular complexity index is 508. The summed E-state index contributed by atoms with van der Waals surface area (Å²) in [5.74, 6) is -1.82. The van der Waals surface area contributed by atoms with Crippen LogP contribution in [0.4, 0.5) is 10.1 Å². The number of methoxy groups -OCH3 is 1. The molecular formula is C11H12FNO5S. The van der Waals surface area contributed by atoms with Crippen LogP contribution in [0.2, 0.25) is 0 Å². The predicted octanol–water partition coefficient (Wildman–Crippen LogP) is 2.70. The van der Waals surface area contributed by atoms with Crippen molar-refractivity contribution in [3.05, 3.63) is 28.1 Å². The summed E-state index contributed by atoms with van der Waals surface area (Å²) in [6.45, 7) is 1.63. The lowest BCUT2D eigenvalue weighted by Gasteiger charge is -2.10. The number of carboxylic acids is 1. The van der Waals surface area contributed by atoms with Gasteiger partial charge in [0.05, 0.1) is 24.5 Å². The zero-order valence-electron chi connectivity index (χ0n) is 10.3. The van der Waals surface area contributed by atoms with Gasteiger partial charge in [0.2, 0.25) is 0 Å². The summed E-state index contributed by atoms with van der Waals surface area (Å²) in [7, 11) is 1.25. The zero-order chi connectivity index (χ0) is 14.6. The fourth-order valence-corrected chi connectivity index (χ4v) is 2.43. The van der Waals surface area contributed by atoms with Crippen LogP contribution in [0.1, 0.15) is 13.3 Å². The molecule has 0 saturated heterocycles. The molecule has 1 aromatic carbocycles. The molecule has 0 bridgehead atoms. The van der Waals surface area contributed by atoms with Gasteiger partial charge < -0.3 is 9.84 Å². The minimum absolute atomic E-state index is 0.0589. The standard InChI is InChI=1S/C11H12FNO5S/c1-6(3-11(14)15)19-10-5-9(18-2)8(13(16)17)4-7(10)12/h4-6H,3H2,1-2H3,(H,14,15). The maximum absolute atomic E-state index is 13.7. The van der Waals surface area contributed by atoms with Crippen LogP contribution in [0, 0.1) is 15.9 Å². The largest absolute Gasteiger partial charge is 0.490 e. The summed E-state index contributed by atoms with van der Waals surface area (Å²) >= 11 is 0.990. The first-order valence-corrected chi connectivity index (χ1v) is 6.13. The number of carbonyl (C=O) groups is 1. The summed E-state index contributed by atoms with van der Waals surface area (Å²) in [5, 5.41) is 19.0. The summed E-state index contributed by atoms with van der Waals surface area (Å²) in [6, 6.07) is 1.98. The Morgan fingerprint density at radius 1 is 1.63 bits per heavy atom. The van der Waals surface area contributed by atoms with E-state index in [9.17, 15) is 19.3 Å². The fourth-order valence-electron chi connectivity index (χ4n) is 1.43. The number of nitro groups is 1. The minimum Gasteiger partial charge on any atom is -0.490 e. The second-order valence-corrected chi connectivity index (χ2v) is 5.22. The normalized spacial score (nSPS) is 11.9. The molecule has 0 fully saturated rings. The van der Waals surface area contributed by atoms with Gasteiger partial charge in [-0.2, -0.15) is 0 Å². The molecule has 19 heavy (non-hydrogen) atoms. The number of hydrogen-bond donors (Lipinski definition) is 1. The molecule has 0 radical (unpaired) electrons. The molecule has 6 nitrogen and oxygen atoms in total. The SMILES string of the molecule is COc1cc(SC(C)CC(=O)O)c(F)cc1[N+](=O)[O-]. The molecule has 0 amide bonds. The number of nitrogens with zero attached hydrogens (tertiary/aromatic N) is 1.